The summed E-state index contributed by atoms with van der Waals surface area (Å²) in [6.45, 7) is 1.51. The van der Waals surface area contributed by atoms with Gasteiger partial charge in [-0.25, -0.2) is 0 Å². The molecule has 0 unspecified atom stereocenters. The van der Waals surface area contributed by atoms with Gasteiger partial charge in [-0.3, -0.25) is 4.79 Å². The Morgan fingerprint density at radius 1 is 1.11 bits per heavy atom. The maximum absolute atomic E-state index is 11.3. The fraction of sp³-hybridized carbons (Fsp3) is 0.133. The number of benzene rings is 2. The second-order valence-electron chi connectivity index (χ2n) is 3.98. The first-order chi connectivity index (χ1) is 9.10. The lowest BCUT2D eigenvalue weighted by molar-refractivity contribution is 0.101. The van der Waals surface area contributed by atoms with Crippen molar-refractivity contribution in [3.8, 4) is 17.2 Å². The Balaban J connectivity index is 2.32. The molecule has 19 heavy (non-hydrogen) atoms. The van der Waals surface area contributed by atoms with Crippen LogP contribution in [0.1, 0.15) is 17.3 Å². The molecule has 4 heteroatoms. The third-order valence-corrected chi connectivity index (χ3v) is 2.83. The van der Waals surface area contributed by atoms with Crippen LogP contribution in [0.25, 0.3) is 0 Å². The molecule has 0 saturated heterocycles. The van der Waals surface area contributed by atoms with Gasteiger partial charge >= 0.3 is 0 Å². The fourth-order valence-corrected chi connectivity index (χ4v) is 1.81. The van der Waals surface area contributed by atoms with E-state index in [0.717, 1.165) is 0 Å². The Hall–Kier alpha value is -2.00. The molecule has 0 amide bonds. The average Bonchev–Trinajstić information content (AvgIpc) is 2.39. The summed E-state index contributed by atoms with van der Waals surface area (Å²) in [5.41, 5.74) is 0.579. The molecule has 0 aromatic heterocycles. The molecule has 0 N–H and O–H groups in total. The van der Waals surface area contributed by atoms with Crippen molar-refractivity contribution in [2.45, 2.75) is 6.92 Å². The Kier molecular flexibility index (Phi) is 4.07. The smallest absolute Gasteiger partial charge is 0.169 e. The van der Waals surface area contributed by atoms with Gasteiger partial charge in [-0.2, -0.15) is 0 Å². The number of methoxy groups -OCH3 is 1. The Morgan fingerprint density at radius 2 is 1.89 bits per heavy atom. The van der Waals surface area contributed by atoms with Gasteiger partial charge in [-0.15, -0.1) is 0 Å². The first-order valence-electron chi connectivity index (χ1n) is 5.72. The summed E-state index contributed by atoms with van der Waals surface area (Å²) in [7, 11) is 1.53. The topological polar surface area (TPSA) is 35.5 Å². The minimum Gasteiger partial charge on any atom is -0.493 e. The molecule has 0 aliphatic carbocycles. The lowest BCUT2D eigenvalue weighted by atomic mass is 10.1. The van der Waals surface area contributed by atoms with Gasteiger partial charge in [-0.05, 0) is 43.3 Å². The number of hydrogen-bond acceptors (Lipinski definition) is 3. The van der Waals surface area contributed by atoms with Crippen LogP contribution in [0.15, 0.2) is 42.5 Å². The van der Waals surface area contributed by atoms with E-state index in [9.17, 15) is 4.79 Å². The van der Waals surface area contributed by atoms with Gasteiger partial charge in [0.05, 0.1) is 7.11 Å². The predicted molar refractivity (Wildman–Crippen MR) is 74.5 cm³/mol. The number of carbonyl (C=O) groups excluding carboxylic acids is 1. The lowest BCUT2D eigenvalue weighted by Crippen LogP contribution is -1.95. The second-order valence-corrected chi connectivity index (χ2v) is 4.42. The number of Topliss-reactive ketones (excluding diaryl/α,β-unsaturated/α-hetero) is 1. The zero-order valence-corrected chi connectivity index (χ0v) is 11.4. The number of ketones is 1. The molecule has 0 aliphatic rings. The van der Waals surface area contributed by atoms with E-state index in [2.05, 4.69) is 0 Å². The quantitative estimate of drug-likeness (QED) is 0.779. The highest BCUT2D eigenvalue weighted by Crippen LogP contribution is 2.33. The number of ether oxygens (including phenoxy) is 2. The zero-order valence-electron chi connectivity index (χ0n) is 10.6. The largest absolute Gasteiger partial charge is 0.493 e. The van der Waals surface area contributed by atoms with E-state index in [-0.39, 0.29) is 5.78 Å². The molecule has 2 aromatic carbocycles. The highest BCUT2D eigenvalue weighted by molar-refractivity contribution is 6.30. The number of rotatable bonds is 4. The monoisotopic (exact) mass is 276 g/mol. The highest BCUT2D eigenvalue weighted by atomic mass is 35.5. The van der Waals surface area contributed by atoms with Gasteiger partial charge in [-0.1, -0.05) is 17.7 Å². The molecule has 0 aliphatic heterocycles. The average molecular weight is 277 g/mol. The number of carbonyl (C=O) groups is 1. The Morgan fingerprint density at radius 3 is 2.53 bits per heavy atom. The van der Waals surface area contributed by atoms with Gasteiger partial charge in [0.2, 0.25) is 0 Å². The van der Waals surface area contributed by atoms with Crippen LogP contribution in [0.3, 0.4) is 0 Å². The summed E-state index contributed by atoms with van der Waals surface area (Å²) in [5, 5.41) is 0.594. The van der Waals surface area contributed by atoms with Crippen molar-refractivity contribution in [3.05, 3.63) is 53.1 Å². The van der Waals surface area contributed by atoms with Crippen LogP contribution in [0.4, 0.5) is 0 Å². The predicted octanol–water partition coefficient (Wildman–Crippen LogP) is 4.34. The number of hydrogen-bond donors (Lipinski definition) is 0. The summed E-state index contributed by atoms with van der Waals surface area (Å²) in [6, 6.07) is 12.1. The van der Waals surface area contributed by atoms with Crippen LogP contribution in [-0.4, -0.2) is 12.9 Å². The fourth-order valence-electron chi connectivity index (χ4n) is 1.63. The normalized spacial score (nSPS) is 10.1. The molecule has 98 valence electrons. The standard InChI is InChI=1S/C15H13ClO3/c1-10(17)11-6-7-14(15(8-11)18-2)19-13-5-3-4-12(16)9-13/h3-9H,1-2H3. The van der Waals surface area contributed by atoms with Gasteiger partial charge < -0.3 is 9.47 Å². The SMILES string of the molecule is COc1cc(C(C)=O)ccc1Oc1cccc(Cl)c1. The Bertz CT molecular complexity index is 608. The van der Waals surface area contributed by atoms with Crippen molar-refractivity contribution >= 4 is 17.4 Å². The maximum atomic E-state index is 11.3. The maximum Gasteiger partial charge on any atom is 0.169 e. The summed E-state index contributed by atoms with van der Waals surface area (Å²) < 4.78 is 10.9. The van der Waals surface area contributed by atoms with Crippen molar-refractivity contribution in [1.29, 1.82) is 0 Å². The molecular formula is C15H13ClO3. The molecule has 3 nitrogen and oxygen atoms in total. The number of halogens is 1. The molecule has 0 atom stereocenters. The molecule has 0 saturated carbocycles. The van der Waals surface area contributed by atoms with Crippen LogP contribution >= 0.6 is 11.6 Å². The summed E-state index contributed by atoms with van der Waals surface area (Å²) in [6.07, 6.45) is 0. The first kappa shape index (κ1) is 13.4. The van der Waals surface area contributed by atoms with E-state index < -0.39 is 0 Å². The van der Waals surface area contributed by atoms with Crippen molar-refractivity contribution in [2.75, 3.05) is 7.11 Å². The van der Waals surface area contributed by atoms with Crippen LogP contribution in [-0.2, 0) is 0 Å². The molecule has 0 radical (unpaired) electrons. The molecule has 2 rings (SSSR count). The third-order valence-electron chi connectivity index (χ3n) is 2.59. The molecule has 0 fully saturated rings. The first-order valence-corrected chi connectivity index (χ1v) is 6.10. The summed E-state index contributed by atoms with van der Waals surface area (Å²) >= 11 is 5.90. The molecule has 2 aromatic rings. The summed E-state index contributed by atoms with van der Waals surface area (Å²) in [5.74, 6) is 1.64. The van der Waals surface area contributed by atoms with Crippen LogP contribution in [0.5, 0.6) is 17.2 Å². The molecule has 0 heterocycles. The zero-order chi connectivity index (χ0) is 13.8. The van der Waals surface area contributed by atoms with E-state index in [1.165, 1.54) is 14.0 Å². The Labute approximate surface area is 116 Å². The highest BCUT2D eigenvalue weighted by Gasteiger charge is 2.09. The minimum atomic E-state index is -0.0207. The van der Waals surface area contributed by atoms with Crippen molar-refractivity contribution < 1.29 is 14.3 Å². The lowest BCUT2D eigenvalue weighted by Gasteiger charge is -2.11. The van der Waals surface area contributed by atoms with Gasteiger partial charge in [0.15, 0.2) is 17.3 Å². The van der Waals surface area contributed by atoms with Crippen LogP contribution in [0, 0.1) is 0 Å². The van der Waals surface area contributed by atoms with Crippen molar-refractivity contribution in [1.82, 2.24) is 0 Å². The van der Waals surface area contributed by atoms with Crippen molar-refractivity contribution in [3.63, 3.8) is 0 Å². The van der Waals surface area contributed by atoms with E-state index in [1.807, 2.05) is 0 Å². The van der Waals surface area contributed by atoms with E-state index in [1.54, 1.807) is 42.5 Å². The summed E-state index contributed by atoms with van der Waals surface area (Å²) in [4.78, 5) is 11.3. The van der Waals surface area contributed by atoms with E-state index in [4.69, 9.17) is 21.1 Å². The van der Waals surface area contributed by atoms with Gasteiger partial charge in [0.1, 0.15) is 5.75 Å². The molecular weight excluding hydrogens is 264 g/mol. The second kappa shape index (κ2) is 5.76. The van der Waals surface area contributed by atoms with E-state index >= 15 is 0 Å². The van der Waals surface area contributed by atoms with Crippen LogP contribution < -0.4 is 9.47 Å². The van der Waals surface area contributed by atoms with Gasteiger partial charge in [0, 0.05) is 10.6 Å². The molecule has 0 spiro atoms. The van der Waals surface area contributed by atoms with E-state index in [0.29, 0.717) is 27.8 Å². The van der Waals surface area contributed by atoms with Crippen LogP contribution in [0.2, 0.25) is 5.02 Å². The molecule has 0 bridgehead atoms. The van der Waals surface area contributed by atoms with Crippen molar-refractivity contribution in [2.24, 2.45) is 0 Å². The minimum absolute atomic E-state index is 0.0207. The third kappa shape index (κ3) is 3.26. The van der Waals surface area contributed by atoms with Gasteiger partial charge in [0.25, 0.3) is 0 Å².